The number of fused-ring (bicyclic) bond motifs is 7. The fourth-order valence-electron chi connectivity index (χ4n) is 13.9. The zero-order chi connectivity index (χ0) is 38.1. The van der Waals surface area contributed by atoms with Crippen molar-refractivity contribution in [3.63, 3.8) is 0 Å². The molecule has 0 amide bonds. The van der Waals surface area contributed by atoms with Gasteiger partial charge < -0.3 is 4.74 Å². The van der Waals surface area contributed by atoms with E-state index in [-0.39, 0.29) is 68.8 Å². The summed E-state index contributed by atoms with van der Waals surface area (Å²) in [5.41, 5.74) is 2.97. The van der Waals surface area contributed by atoms with Crippen LogP contribution < -0.4 is 0 Å². The van der Waals surface area contributed by atoms with Gasteiger partial charge in [-0.1, -0.05) is 92.6 Å². The van der Waals surface area contributed by atoms with Gasteiger partial charge in [0.25, 0.3) is 0 Å². The van der Waals surface area contributed by atoms with Gasteiger partial charge in [0.1, 0.15) is 11.6 Å². The molecule has 0 radical (unpaired) electrons. The molecule has 0 heterocycles. The maximum Gasteiger partial charge on any atom is 0.373 e. The van der Waals surface area contributed by atoms with Crippen molar-refractivity contribution in [3.05, 3.63) is 47.0 Å². The van der Waals surface area contributed by atoms with E-state index in [0.717, 1.165) is 69.8 Å². The van der Waals surface area contributed by atoms with Gasteiger partial charge in [-0.25, -0.2) is 4.79 Å². The molecule has 52 heavy (non-hydrogen) atoms. The second-order valence-corrected chi connectivity index (χ2v) is 19.8. The lowest BCUT2D eigenvalue weighted by Gasteiger charge is -2.72. The predicted molar refractivity (Wildman–Crippen MR) is 198 cm³/mol. The summed E-state index contributed by atoms with van der Waals surface area (Å²) in [6.45, 7) is 21.3. The predicted octanol–water partition coefficient (Wildman–Crippen LogP) is 9.29. The number of nitrogens with zero attached hydrogens (tertiary/aromatic N) is 1. The van der Waals surface area contributed by atoms with Gasteiger partial charge in [0.05, 0.1) is 5.92 Å². The highest BCUT2D eigenvalue weighted by atomic mass is 16.5. The van der Waals surface area contributed by atoms with Crippen LogP contribution in [0, 0.1) is 62.6 Å². The minimum Gasteiger partial charge on any atom is -0.462 e. The van der Waals surface area contributed by atoms with E-state index < -0.39 is 5.54 Å². The Morgan fingerprint density at radius 2 is 1.52 bits per heavy atom. The minimum atomic E-state index is -0.673. The summed E-state index contributed by atoms with van der Waals surface area (Å²) in [5, 5.41) is 0. The van der Waals surface area contributed by atoms with Gasteiger partial charge in [-0.2, -0.15) is 14.6 Å². The van der Waals surface area contributed by atoms with Crippen LogP contribution in [0.1, 0.15) is 132 Å². The van der Waals surface area contributed by atoms with Crippen molar-refractivity contribution in [2.75, 3.05) is 0 Å². The summed E-state index contributed by atoms with van der Waals surface area (Å²) in [7, 11) is 0. The minimum absolute atomic E-state index is 0.0219. The molecule has 0 aromatic heterocycles. The number of Topliss-reactive ketones (excluding diaryl/α,β-unsaturated/α-hetero) is 1. The Hall–Kier alpha value is -3.14. The highest BCUT2D eigenvalue weighted by Crippen LogP contribution is 2.76. The zero-order valence-electron chi connectivity index (χ0n) is 33.1. The second-order valence-electron chi connectivity index (χ2n) is 19.8. The number of aliphatic imine (C=N–C) groups is 1. The van der Waals surface area contributed by atoms with Gasteiger partial charge in [0.2, 0.25) is 6.08 Å². The van der Waals surface area contributed by atoms with Crippen LogP contribution in [0.3, 0.4) is 0 Å². The number of hydrogen-bond acceptors (Lipinski definition) is 7. The lowest BCUT2D eigenvalue weighted by molar-refractivity contribution is -0.235. The van der Waals surface area contributed by atoms with Crippen molar-refractivity contribution >= 4 is 24.0 Å². The van der Waals surface area contributed by atoms with Crippen LogP contribution in [-0.2, 0) is 35.1 Å². The van der Waals surface area contributed by atoms with Crippen LogP contribution in [0.4, 0.5) is 0 Å². The molecule has 7 heteroatoms. The zero-order valence-corrected chi connectivity index (χ0v) is 33.1. The molecular formula is C45H61NO6. The first-order valence-electron chi connectivity index (χ1n) is 20.0. The molecule has 10 atom stereocenters. The summed E-state index contributed by atoms with van der Waals surface area (Å²) in [6.07, 6.45) is 12.6. The molecule has 0 bridgehead atoms. The maximum absolute atomic E-state index is 13.9. The Bertz CT molecular complexity index is 1700. The molecule has 0 aliphatic heterocycles. The molecule has 1 aromatic carbocycles. The van der Waals surface area contributed by atoms with Crippen LogP contribution in [0.25, 0.3) is 0 Å². The van der Waals surface area contributed by atoms with Crippen LogP contribution in [0.15, 0.2) is 46.5 Å². The smallest absolute Gasteiger partial charge is 0.373 e. The van der Waals surface area contributed by atoms with Crippen molar-refractivity contribution in [1.82, 2.24) is 0 Å². The Morgan fingerprint density at radius 3 is 2.13 bits per heavy atom. The highest BCUT2D eigenvalue weighted by molar-refractivity contribution is 6.01. The number of benzene rings is 1. The van der Waals surface area contributed by atoms with Crippen LogP contribution in [0.5, 0.6) is 0 Å². The second kappa shape index (κ2) is 13.3. The number of ether oxygens (including phenoxy) is 1. The third-order valence-electron chi connectivity index (χ3n) is 16.9. The van der Waals surface area contributed by atoms with Crippen molar-refractivity contribution in [3.8, 4) is 0 Å². The van der Waals surface area contributed by atoms with Crippen molar-refractivity contribution < 1.29 is 28.7 Å². The van der Waals surface area contributed by atoms with E-state index in [0.29, 0.717) is 24.2 Å². The first kappa shape index (κ1) is 38.6. The number of esters is 1. The molecule has 0 spiro atoms. The number of isocyanates is 1. The Labute approximate surface area is 311 Å². The van der Waals surface area contributed by atoms with Crippen LogP contribution in [0.2, 0.25) is 0 Å². The van der Waals surface area contributed by atoms with E-state index in [1.807, 2.05) is 6.08 Å². The molecule has 5 saturated carbocycles. The summed E-state index contributed by atoms with van der Waals surface area (Å²) in [5.74, 6) is 2.11. The quantitative estimate of drug-likeness (QED) is 0.165. The summed E-state index contributed by atoms with van der Waals surface area (Å²) < 4.78 is 6.61. The van der Waals surface area contributed by atoms with Gasteiger partial charge in [-0.3, -0.25) is 9.59 Å². The first-order valence-corrected chi connectivity index (χ1v) is 20.0. The summed E-state index contributed by atoms with van der Waals surface area (Å²) in [4.78, 5) is 59.9. The van der Waals surface area contributed by atoms with Crippen molar-refractivity contribution in [1.29, 1.82) is 0 Å². The molecule has 6 aliphatic carbocycles. The lowest BCUT2D eigenvalue weighted by Crippen LogP contribution is -2.66. The van der Waals surface area contributed by atoms with Gasteiger partial charge in [-0.15, -0.1) is 0 Å². The number of carbonyl (C=O) groups excluding carboxylic acids is 5. The number of hydrogen-bond donors (Lipinski definition) is 0. The van der Waals surface area contributed by atoms with E-state index in [1.54, 1.807) is 0 Å². The van der Waals surface area contributed by atoms with Gasteiger partial charge in [0, 0.05) is 11.8 Å². The van der Waals surface area contributed by atoms with E-state index in [1.165, 1.54) is 11.1 Å². The number of allylic oxidation sites excluding steroid dienone is 1. The molecule has 7 rings (SSSR count). The van der Waals surface area contributed by atoms with E-state index in [9.17, 15) is 14.4 Å². The number of rotatable bonds is 6. The Morgan fingerprint density at radius 1 is 0.846 bits per heavy atom. The largest absolute Gasteiger partial charge is 0.462 e. The molecular weight excluding hydrogens is 650 g/mol. The molecule has 1 aromatic rings. The van der Waals surface area contributed by atoms with Crippen molar-refractivity contribution in [2.45, 2.75) is 145 Å². The monoisotopic (exact) mass is 711 g/mol. The first-order chi connectivity index (χ1) is 24.4. The average molecular weight is 712 g/mol. The van der Waals surface area contributed by atoms with Crippen LogP contribution in [-0.4, -0.2) is 35.6 Å². The fourth-order valence-corrected chi connectivity index (χ4v) is 13.9. The van der Waals surface area contributed by atoms with Crippen molar-refractivity contribution in [2.24, 2.45) is 67.6 Å². The third-order valence-corrected chi connectivity index (χ3v) is 16.9. The molecule has 7 nitrogen and oxygen atoms in total. The standard InChI is InChI=1S/C44H61NO4.CO2/c1-27(2)36-32(47)25-44(45-26-46)22-21-42(8)30(37(36)44)15-16-34-41(7)19-18-35(40(5,6)33(41)17-20-43(34,42)9)49-38(48)31-24-29(39(31,3)4)23-28-13-11-10-12-14-28;2-1-3/h10-14,27,29-31,33-35H,15-25H2,1-9H3;/t29-,30-,31-,33+,34-,35+,41+,42-,43-,44-;/m1./s1. The van der Waals surface area contributed by atoms with Crippen LogP contribution >= 0.6 is 0 Å². The van der Waals surface area contributed by atoms with Gasteiger partial charge in [-0.05, 0) is 132 Å². The molecule has 5 fully saturated rings. The lowest BCUT2D eigenvalue weighted by atomic mass is 9.33. The number of ketones is 1. The maximum atomic E-state index is 13.9. The average Bonchev–Trinajstić information content (AvgIpc) is 3.37. The van der Waals surface area contributed by atoms with Gasteiger partial charge in [0.15, 0.2) is 5.78 Å². The van der Waals surface area contributed by atoms with E-state index in [4.69, 9.17) is 14.3 Å². The fraction of sp³-hybridized carbons (Fsp3) is 0.733. The number of carbonyl (C=O) groups is 2. The summed E-state index contributed by atoms with van der Waals surface area (Å²) >= 11 is 0. The molecule has 282 valence electrons. The highest BCUT2D eigenvalue weighted by Gasteiger charge is 2.70. The molecule has 0 unspecified atom stereocenters. The van der Waals surface area contributed by atoms with E-state index >= 15 is 0 Å². The third kappa shape index (κ3) is 5.58. The normalized spacial score (nSPS) is 41.0. The molecule has 0 saturated heterocycles. The SMILES string of the molecule is CC(C)C1=C2[C@H]3CC[C@@H]4[C@@]5(C)CC[C@H](OC(=O)[C@H]6C[C@@H](Cc7ccccc7)C6(C)C)C(C)(C)[C@@H]5CC[C@@]4(C)[C@]3(C)CC[C@@]2(N=C=O)CC1=O.O=C=O. The van der Waals surface area contributed by atoms with Gasteiger partial charge >= 0.3 is 12.1 Å². The topological polar surface area (TPSA) is 107 Å². The Kier molecular flexibility index (Phi) is 9.87. The Balaban J connectivity index is 0.00000150. The summed E-state index contributed by atoms with van der Waals surface area (Å²) in [6, 6.07) is 10.7. The molecule has 6 aliphatic rings. The van der Waals surface area contributed by atoms with E-state index in [2.05, 4.69) is 97.6 Å². The molecule has 0 N–H and O–H groups in total.